The lowest BCUT2D eigenvalue weighted by molar-refractivity contribution is 0.0975. The van der Waals surface area contributed by atoms with E-state index in [1.807, 2.05) is 26.0 Å². The summed E-state index contributed by atoms with van der Waals surface area (Å²) in [6, 6.07) is 5.65. The monoisotopic (exact) mass is 498 g/mol. The Morgan fingerprint density at radius 1 is 1.23 bits per heavy atom. The van der Waals surface area contributed by atoms with Crippen molar-refractivity contribution in [1.82, 2.24) is 24.9 Å². The Hall–Kier alpha value is -2.68. The minimum Gasteiger partial charge on any atom is -0.508 e. The number of nitrogens with one attached hydrogen (secondary N) is 1. The van der Waals surface area contributed by atoms with Crippen molar-refractivity contribution in [2.24, 2.45) is 4.99 Å². The van der Waals surface area contributed by atoms with Gasteiger partial charge in [0.1, 0.15) is 11.6 Å². The molecule has 0 spiro atoms. The standard InChI is InChI=1S/C26H35ClN6O2/c1-5-31-8-10-32(11-9-31)16-20-12-19(6-7-22(20)34)13-23-28-14-21-24(26(35)29-23)25(17(2)3)30-33(21)15-18(4)27/h6-7,12,17,34H,4-5,8-11,13-16H2,1-3H3,(H,28,29,35). The molecule has 2 N–H and O–H groups in total. The molecule has 4 rings (SSSR count). The van der Waals surface area contributed by atoms with Crippen LogP contribution < -0.4 is 5.32 Å². The van der Waals surface area contributed by atoms with Gasteiger partial charge in [-0.1, -0.05) is 51.1 Å². The van der Waals surface area contributed by atoms with Gasteiger partial charge in [0.25, 0.3) is 5.91 Å². The first-order chi connectivity index (χ1) is 16.7. The number of aromatic hydroxyl groups is 1. The molecule has 8 nitrogen and oxygen atoms in total. The van der Waals surface area contributed by atoms with Crippen molar-refractivity contribution in [2.45, 2.75) is 52.7 Å². The molecule has 1 saturated heterocycles. The molecule has 9 heteroatoms. The third-order valence-electron chi connectivity index (χ3n) is 6.68. The zero-order valence-electron chi connectivity index (χ0n) is 20.8. The molecule has 188 valence electrons. The van der Waals surface area contributed by atoms with Gasteiger partial charge < -0.3 is 15.3 Å². The summed E-state index contributed by atoms with van der Waals surface area (Å²) in [5, 5.41) is 18.5. The zero-order chi connectivity index (χ0) is 25.1. The summed E-state index contributed by atoms with van der Waals surface area (Å²) >= 11 is 6.05. The van der Waals surface area contributed by atoms with Gasteiger partial charge in [-0.15, -0.1) is 0 Å². The number of aliphatic imine (C=N–C) groups is 1. The number of rotatable bonds is 8. The second-order valence-corrected chi connectivity index (χ2v) is 10.1. The van der Waals surface area contributed by atoms with E-state index in [-0.39, 0.29) is 11.8 Å². The van der Waals surface area contributed by atoms with Crippen molar-refractivity contribution in [3.05, 3.63) is 57.9 Å². The molecule has 0 radical (unpaired) electrons. The average molecular weight is 499 g/mol. The van der Waals surface area contributed by atoms with Gasteiger partial charge in [-0.3, -0.25) is 19.4 Å². The number of hydrogen-bond acceptors (Lipinski definition) is 6. The number of nitrogens with zero attached hydrogens (tertiary/aromatic N) is 5. The van der Waals surface area contributed by atoms with E-state index in [2.05, 4.69) is 33.7 Å². The van der Waals surface area contributed by atoms with Crippen LogP contribution in [0.25, 0.3) is 0 Å². The summed E-state index contributed by atoms with van der Waals surface area (Å²) < 4.78 is 1.74. The van der Waals surface area contributed by atoms with E-state index in [0.717, 1.165) is 55.2 Å². The van der Waals surface area contributed by atoms with Gasteiger partial charge in [0, 0.05) is 49.7 Å². The van der Waals surface area contributed by atoms with Gasteiger partial charge >= 0.3 is 0 Å². The van der Waals surface area contributed by atoms with Gasteiger partial charge in [0.2, 0.25) is 0 Å². The summed E-state index contributed by atoms with van der Waals surface area (Å²) in [7, 11) is 0. The van der Waals surface area contributed by atoms with Gasteiger partial charge in [-0.2, -0.15) is 5.10 Å². The number of likely N-dealkylation sites (N-methyl/N-ethyl adjacent to an activating group) is 1. The number of carbonyl (C=O) groups excluding carboxylic acids is 1. The van der Waals surface area contributed by atoms with Crippen LogP contribution in [0, 0.1) is 0 Å². The second kappa shape index (κ2) is 10.9. The molecule has 2 aliphatic heterocycles. The maximum Gasteiger partial charge on any atom is 0.260 e. The van der Waals surface area contributed by atoms with Crippen molar-refractivity contribution >= 4 is 23.3 Å². The first-order valence-electron chi connectivity index (χ1n) is 12.3. The molecular weight excluding hydrogens is 464 g/mol. The first kappa shape index (κ1) is 25.4. The summed E-state index contributed by atoms with van der Waals surface area (Å²) in [6.07, 6.45) is 0.472. The molecule has 1 aromatic heterocycles. The van der Waals surface area contributed by atoms with Crippen LogP contribution >= 0.6 is 11.6 Å². The minimum absolute atomic E-state index is 0.0831. The van der Waals surface area contributed by atoms with Crippen LogP contribution in [-0.4, -0.2) is 69.2 Å². The lowest BCUT2D eigenvalue weighted by Gasteiger charge is -2.34. The van der Waals surface area contributed by atoms with Crippen molar-refractivity contribution in [3.8, 4) is 5.75 Å². The number of phenolic OH excluding ortho intramolecular Hbond substituents is 1. The summed E-state index contributed by atoms with van der Waals surface area (Å²) in [5.74, 6) is 0.790. The Balaban J connectivity index is 1.51. The number of hydrogen-bond donors (Lipinski definition) is 2. The molecule has 0 saturated carbocycles. The Bertz CT molecular complexity index is 1130. The number of amides is 1. The Kier molecular flexibility index (Phi) is 7.94. The topological polar surface area (TPSA) is 86.0 Å². The maximum absolute atomic E-state index is 13.2. The number of aromatic nitrogens is 2. The van der Waals surface area contributed by atoms with E-state index in [1.54, 1.807) is 10.7 Å². The SMILES string of the molecule is C=C(Cl)Cn1nc(C(C)C)c2c1CN=C(Cc1ccc(O)c(CN3CCN(CC)CC3)c1)NC2=O. The van der Waals surface area contributed by atoms with E-state index in [1.165, 1.54) is 0 Å². The number of phenols is 1. The van der Waals surface area contributed by atoms with Gasteiger partial charge in [-0.25, -0.2) is 0 Å². The Morgan fingerprint density at radius 3 is 2.60 bits per heavy atom. The second-order valence-electron chi connectivity index (χ2n) is 9.60. The molecule has 0 atom stereocenters. The quantitative estimate of drug-likeness (QED) is 0.582. The van der Waals surface area contributed by atoms with Crippen LogP contribution in [0.3, 0.4) is 0 Å². The van der Waals surface area contributed by atoms with E-state index in [9.17, 15) is 9.90 Å². The average Bonchev–Trinajstić information content (AvgIpc) is 3.09. The molecule has 2 aliphatic rings. The molecule has 1 amide bonds. The highest BCUT2D eigenvalue weighted by Crippen LogP contribution is 2.26. The molecule has 2 aromatic rings. The Labute approximate surface area is 212 Å². The van der Waals surface area contributed by atoms with Crippen molar-refractivity contribution in [2.75, 3.05) is 32.7 Å². The number of fused-ring (bicyclic) bond motifs is 1. The number of carbonyl (C=O) groups is 1. The van der Waals surface area contributed by atoms with E-state index >= 15 is 0 Å². The van der Waals surface area contributed by atoms with E-state index in [4.69, 9.17) is 16.6 Å². The predicted octanol–water partition coefficient (Wildman–Crippen LogP) is 3.49. The summed E-state index contributed by atoms with van der Waals surface area (Å²) in [6.45, 7) is 16.5. The molecule has 1 fully saturated rings. The number of benzene rings is 1. The molecule has 0 unspecified atom stereocenters. The fourth-order valence-electron chi connectivity index (χ4n) is 4.70. The lowest BCUT2D eigenvalue weighted by Crippen LogP contribution is -2.45. The number of halogens is 1. The van der Waals surface area contributed by atoms with Crippen LogP contribution in [0.15, 0.2) is 34.8 Å². The summed E-state index contributed by atoms with van der Waals surface area (Å²) in [4.78, 5) is 22.7. The molecule has 35 heavy (non-hydrogen) atoms. The van der Waals surface area contributed by atoms with Crippen LogP contribution in [0.1, 0.15) is 59.6 Å². The fraction of sp³-hybridized carbons (Fsp3) is 0.500. The lowest BCUT2D eigenvalue weighted by atomic mass is 10.0. The van der Waals surface area contributed by atoms with Crippen LogP contribution in [0.5, 0.6) is 5.75 Å². The highest BCUT2D eigenvalue weighted by Gasteiger charge is 2.28. The fourth-order valence-corrected chi connectivity index (χ4v) is 4.81. The highest BCUT2D eigenvalue weighted by molar-refractivity contribution is 6.29. The van der Waals surface area contributed by atoms with Gasteiger partial charge in [0.15, 0.2) is 0 Å². The molecular formula is C26H35ClN6O2. The van der Waals surface area contributed by atoms with Gasteiger partial charge in [-0.05, 0) is 24.1 Å². The Morgan fingerprint density at radius 2 is 1.94 bits per heavy atom. The largest absolute Gasteiger partial charge is 0.508 e. The predicted molar refractivity (Wildman–Crippen MR) is 139 cm³/mol. The van der Waals surface area contributed by atoms with Crippen molar-refractivity contribution < 1.29 is 9.90 Å². The normalized spacial score (nSPS) is 17.2. The third-order valence-corrected chi connectivity index (χ3v) is 6.80. The number of piperazine rings is 1. The van der Waals surface area contributed by atoms with Crippen LogP contribution in [0.2, 0.25) is 0 Å². The molecule has 1 aromatic carbocycles. The van der Waals surface area contributed by atoms with Crippen molar-refractivity contribution in [1.29, 1.82) is 0 Å². The van der Waals surface area contributed by atoms with Crippen molar-refractivity contribution in [3.63, 3.8) is 0 Å². The molecule has 3 heterocycles. The third kappa shape index (κ3) is 5.94. The highest BCUT2D eigenvalue weighted by atomic mass is 35.5. The minimum atomic E-state index is -0.195. The van der Waals surface area contributed by atoms with Crippen LogP contribution in [0.4, 0.5) is 0 Å². The smallest absolute Gasteiger partial charge is 0.260 e. The molecule has 0 bridgehead atoms. The van der Waals surface area contributed by atoms with E-state index in [0.29, 0.717) is 48.2 Å². The van der Waals surface area contributed by atoms with Gasteiger partial charge in [0.05, 0.1) is 30.0 Å². The van der Waals surface area contributed by atoms with E-state index < -0.39 is 0 Å². The maximum atomic E-state index is 13.2. The van der Waals surface area contributed by atoms with Crippen LogP contribution in [-0.2, 0) is 26.1 Å². The number of amidine groups is 1. The zero-order valence-corrected chi connectivity index (χ0v) is 21.6. The number of allylic oxidation sites excluding steroid dienone is 1. The summed E-state index contributed by atoms with van der Waals surface area (Å²) in [5.41, 5.74) is 3.96. The first-order valence-corrected chi connectivity index (χ1v) is 12.7. The molecule has 0 aliphatic carbocycles.